The first-order chi connectivity index (χ1) is 12.9. The van der Waals surface area contributed by atoms with E-state index in [4.69, 9.17) is 4.52 Å². The number of halogens is 1. The number of benzene rings is 2. The van der Waals surface area contributed by atoms with Crippen LogP contribution in [0.15, 0.2) is 57.9 Å². The molecule has 0 saturated carbocycles. The summed E-state index contributed by atoms with van der Waals surface area (Å²) in [6, 6.07) is 10.6. The van der Waals surface area contributed by atoms with Crippen molar-refractivity contribution in [1.29, 1.82) is 0 Å². The molecule has 0 saturated heterocycles. The molecule has 1 aromatic heterocycles. The molecule has 1 heterocycles. The summed E-state index contributed by atoms with van der Waals surface area (Å²) in [6.07, 6.45) is 0.0651. The van der Waals surface area contributed by atoms with Crippen molar-refractivity contribution in [3.05, 3.63) is 70.4 Å². The number of hydrogen-bond donors (Lipinski definition) is 1. The van der Waals surface area contributed by atoms with Crippen LogP contribution in [0.4, 0.5) is 10.1 Å². The maximum absolute atomic E-state index is 13.7. The van der Waals surface area contributed by atoms with Crippen LogP contribution < -0.4 is 4.72 Å². The fraction of sp³-hybridized carbons (Fsp3) is 0.125. The highest BCUT2D eigenvalue weighted by atomic mass is 32.2. The van der Waals surface area contributed by atoms with Crippen LogP contribution in [0, 0.1) is 15.9 Å². The lowest BCUT2D eigenvalue weighted by molar-refractivity contribution is -0.385. The van der Waals surface area contributed by atoms with Crippen LogP contribution in [0.1, 0.15) is 5.89 Å². The number of sulfonamides is 1. The summed E-state index contributed by atoms with van der Waals surface area (Å²) in [5.41, 5.74) is -0.158. The van der Waals surface area contributed by atoms with Gasteiger partial charge >= 0.3 is 0 Å². The number of rotatable bonds is 7. The molecule has 3 aromatic rings. The lowest BCUT2D eigenvalue weighted by Crippen LogP contribution is -2.26. The molecule has 0 fully saturated rings. The van der Waals surface area contributed by atoms with Gasteiger partial charge in [-0.25, -0.2) is 17.5 Å². The minimum Gasteiger partial charge on any atom is -0.339 e. The number of nitrogens with zero attached hydrogens (tertiary/aromatic N) is 3. The largest absolute Gasteiger partial charge is 0.339 e. The van der Waals surface area contributed by atoms with Gasteiger partial charge in [0.25, 0.3) is 5.69 Å². The van der Waals surface area contributed by atoms with E-state index in [1.165, 1.54) is 36.4 Å². The smallest absolute Gasteiger partial charge is 0.270 e. The van der Waals surface area contributed by atoms with Crippen LogP contribution >= 0.6 is 0 Å². The summed E-state index contributed by atoms with van der Waals surface area (Å²) in [5.74, 6) is -0.323. The zero-order chi connectivity index (χ0) is 19.4. The summed E-state index contributed by atoms with van der Waals surface area (Å²) in [5, 5.41) is 14.4. The molecule has 0 bridgehead atoms. The van der Waals surface area contributed by atoms with Gasteiger partial charge in [0.05, 0.1) is 15.4 Å². The minimum absolute atomic E-state index is 0.0599. The van der Waals surface area contributed by atoms with E-state index in [-0.39, 0.29) is 40.8 Å². The molecule has 0 radical (unpaired) electrons. The van der Waals surface area contributed by atoms with Crippen molar-refractivity contribution in [2.75, 3.05) is 6.54 Å². The number of aromatic nitrogens is 2. The second kappa shape index (κ2) is 7.60. The third-order valence-corrected chi connectivity index (χ3v) is 5.01. The zero-order valence-electron chi connectivity index (χ0n) is 13.7. The molecule has 3 rings (SSSR count). The molecule has 1 N–H and O–H groups in total. The van der Waals surface area contributed by atoms with Crippen LogP contribution in [0.2, 0.25) is 0 Å². The van der Waals surface area contributed by atoms with Gasteiger partial charge in [0, 0.05) is 25.1 Å². The fourth-order valence-electron chi connectivity index (χ4n) is 2.25. The van der Waals surface area contributed by atoms with Gasteiger partial charge in [-0.15, -0.1) is 0 Å². The summed E-state index contributed by atoms with van der Waals surface area (Å²) in [6.45, 7) is -0.0794. The average molecular weight is 392 g/mol. The lowest BCUT2D eigenvalue weighted by Gasteiger charge is -2.05. The van der Waals surface area contributed by atoms with Crippen LogP contribution in [0.5, 0.6) is 0 Å². The number of nitro groups is 1. The Morgan fingerprint density at radius 1 is 1.19 bits per heavy atom. The Morgan fingerprint density at radius 2 is 1.96 bits per heavy atom. The Labute approximate surface area is 153 Å². The molecule has 0 amide bonds. The van der Waals surface area contributed by atoms with E-state index in [1.807, 2.05) is 0 Å². The summed E-state index contributed by atoms with van der Waals surface area (Å²) >= 11 is 0. The molecule has 0 atom stereocenters. The van der Waals surface area contributed by atoms with Crippen molar-refractivity contribution >= 4 is 15.7 Å². The van der Waals surface area contributed by atoms with Crippen molar-refractivity contribution in [2.45, 2.75) is 11.3 Å². The molecule has 140 valence electrons. The van der Waals surface area contributed by atoms with E-state index in [0.717, 1.165) is 6.07 Å². The van der Waals surface area contributed by atoms with Crippen LogP contribution in [0.25, 0.3) is 11.4 Å². The monoisotopic (exact) mass is 392 g/mol. The zero-order valence-corrected chi connectivity index (χ0v) is 14.5. The molecule has 0 unspecified atom stereocenters. The molecule has 2 aromatic carbocycles. The summed E-state index contributed by atoms with van der Waals surface area (Å²) in [7, 11) is -3.94. The highest BCUT2D eigenvalue weighted by molar-refractivity contribution is 7.89. The maximum atomic E-state index is 13.7. The fourth-order valence-corrected chi connectivity index (χ4v) is 3.32. The van der Waals surface area contributed by atoms with Crippen molar-refractivity contribution in [3.8, 4) is 11.4 Å². The van der Waals surface area contributed by atoms with Gasteiger partial charge < -0.3 is 4.52 Å². The van der Waals surface area contributed by atoms with Crippen LogP contribution in [0.3, 0.4) is 0 Å². The predicted molar refractivity (Wildman–Crippen MR) is 91.7 cm³/mol. The highest BCUT2D eigenvalue weighted by Gasteiger charge is 2.18. The van der Waals surface area contributed by atoms with Gasteiger partial charge in [-0.1, -0.05) is 23.4 Å². The van der Waals surface area contributed by atoms with Crippen LogP contribution in [-0.4, -0.2) is 30.0 Å². The minimum atomic E-state index is -3.94. The molecular weight excluding hydrogens is 379 g/mol. The van der Waals surface area contributed by atoms with Crippen LogP contribution in [-0.2, 0) is 16.4 Å². The van der Waals surface area contributed by atoms with Gasteiger partial charge in [0.1, 0.15) is 5.82 Å². The van der Waals surface area contributed by atoms with Gasteiger partial charge in [0.15, 0.2) is 0 Å². The first kappa shape index (κ1) is 18.6. The third-order valence-electron chi connectivity index (χ3n) is 3.55. The first-order valence-electron chi connectivity index (χ1n) is 7.68. The molecule has 9 nitrogen and oxygen atoms in total. The second-order valence-electron chi connectivity index (χ2n) is 5.39. The molecule has 0 aliphatic rings. The molecule has 11 heteroatoms. The Hall–Kier alpha value is -3.18. The van der Waals surface area contributed by atoms with E-state index in [9.17, 15) is 22.9 Å². The second-order valence-corrected chi connectivity index (χ2v) is 7.16. The normalized spacial score (nSPS) is 11.4. The highest BCUT2D eigenvalue weighted by Crippen LogP contribution is 2.19. The number of nitrogens with one attached hydrogen (secondary N) is 1. The van der Waals surface area contributed by atoms with Crippen molar-refractivity contribution in [2.24, 2.45) is 0 Å². The number of hydrogen-bond acceptors (Lipinski definition) is 7. The number of nitro benzene ring substituents is 1. The molecular formula is C16H13FN4O5S. The SMILES string of the molecule is O=[N+]([O-])c1cccc(S(=O)(=O)NCCc2nc(-c3ccccc3F)no2)c1. The van der Waals surface area contributed by atoms with Crippen molar-refractivity contribution in [3.63, 3.8) is 0 Å². The lowest BCUT2D eigenvalue weighted by atomic mass is 10.2. The van der Waals surface area contributed by atoms with E-state index in [0.29, 0.717) is 0 Å². The van der Waals surface area contributed by atoms with Gasteiger partial charge in [0.2, 0.25) is 21.7 Å². The molecule has 0 spiro atoms. The van der Waals surface area contributed by atoms with Gasteiger partial charge in [-0.05, 0) is 18.2 Å². The topological polar surface area (TPSA) is 128 Å². The van der Waals surface area contributed by atoms with Gasteiger partial charge in [-0.3, -0.25) is 10.1 Å². The Morgan fingerprint density at radius 3 is 2.70 bits per heavy atom. The van der Waals surface area contributed by atoms with Gasteiger partial charge in [-0.2, -0.15) is 4.98 Å². The van der Waals surface area contributed by atoms with E-state index in [2.05, 4.69) is 14.9 Å². The Kier molecular flexibility index (Phi) is 5.23. The maximum Gasteiger partial charge on any atom is 0.270 e. The van der Waals surface area contributed by atoms with E-state index < -0.39 is 20.8 Å². The first-order valence-corrected chi connectivity index (χ1v) is 9.17. The summed E-state index contributed by atoms with van der Waals surface area (Å²) < 4.78 is 45.4. The predicted octanol–water partition coefficient (Wildman–Crippen LogP) is 2.30. The van der Waals surface area contributed by atoms with E-state index in [1.54, 1.807) is 6.07 Å². The third kappa shape index (κ3) is 4.33. The molecule has 0 aliphatic heterocycles. The number of non-ortho nitro benzene ring substituents is 1. The van der Waals surface area contributed by atoms with Crippen molar-refractivity contribution in [1.82, 2.24) is 14.9 Å². The Balaban J connectivity index is 1.65. The quantitative estimate of drug-likeness (QED) is 0.482. The molecule has 27 heavy (non-hydrogen) atoms. The Bertz CT molecular complexity index is 1080. The standard InChI is InChI=1S/C16H13FN4O5S/c17-14-7-2-1-6-13(14)16-19-15(26-20-16)8-9-18-27(24,25)12-5-3-4-11(10-12)21(22)23/h1-7,10,18H,8-9H2. The van der Waals surface area contributed by atoms with Crippen molar-refractivity contribution < 1.29 is 22.3 Å². The molecule has 0 aliphatic carbocycles. The average Bonchev–Trinajstić information content (AvgIpc) is 3.10. The van der Waals surface area contributed by atoms with E-state index >= 15 is 0 Å². The summed E-state index contributed by atoms with van der Waals surface area (Å²) in [4.78, 5) is 13.9.